The predicted molar refractivity (Wildman–Crippen MR) is 137 cm³/mol. The Morgan fingerprint density at radius 1 is 1.09 bits per heavy atom. The average Bonchev–Trinajstić information content (AvgIpc) is 3.23. The van der Waals surface area contributed by atoms with E-state index in [2.05, 4.69) is 69.5 Å². The summed E-state index contributed by atoms with van der Waals surface area (Å²) in [5.74, 6) is 0.999. The van der Waals surface area contributed by atoms with Crippen molar-refractivity contribution in [2.24, 2.45) is 0 Å². The number of piperazine rings is 1. The number of benzene rings is 2. The van der Waals surface area contributed by atoms with E-state index in [1.807, 2.05) is 0 Å². The molecular formula is C26H29N5OS. The third kappa shape index (κ3) is 3.84. The fourth-order valence-corrected chi connectivity index (χ4v) is 6.51. The fraction of sp³-hybridized carbons (Fsp3) is 0.385. The topological polar surface area (TPSA) is 64.3 Å². The van der Waals surface area contributed by atoms with Gasteiger partial charge in [0.2, 0.25) is 0 Å². The van der Waals surface area contributed by atoms with Crippen LogP contribution in [0.5, 0.6) is 0 Å². The molecule has 4 heterocycles. The van der Waals surface area contributed by atoms with E-state index >= 15 is 0 Å². The maximum Gasteiger partial charge on any atom is 0.259 e. The summed E-state index contributed by atoms with van der Waals surface area (Å²) >= 11 is 1.68. The molecule has 1 fully saturated rings. The minimum Gasteiger partial charge on any atom is -0.368 e. The Kier molecular flexibility index (Phi) is 5.40. The second kappa shape index (κ2) is 8.56. The first-order valence-electron chi connectivity index (χ1n) is 11.9. The van der Waals surface area contributed by atoms with Gasteiger partial charge in [-0.15, -0.1) is 11.3 Å². The summed E-state index contributed by atoms with van der Waals surface area (Å²) in [5.41, 5.74) is 2.56. The second-order valence-electron chi connectivity index (χ2n) is 9.25. The van der Waals surface area contributed by atoms with Crippen LogP contribution in [-0.4, -0.2) is 54.1 Å². The summed E-state index contributed by atoms with van der Waals surface area (Å²) in [7, 11) is 0. The molecule has 4 aromatic rings. The Bertz CT molecular complexity index is 1360. The lowest BCUT2D eigenvalue weighted by molar-refractivity contribution is 0.244. The molecule has 0 amide bonds. The van der Waals surface area contributed by atoms with E-state index in [0.29, 0.717) is 0 Å². The molecule has 2 N–H and O–H groups in total. The number of rotatable bonds is 4. The molecule has 0 aliphatic carbocycles. The van der Waals surface area contributed by atoms with Crippen LogP contribution in [-0.2, 0) is 13.0 Å². The second-order valence-corrected chi connectivity index (χ2v) is 10.3. The Labute approximate surface area is 197 Å². The van der Waals surface area contributed by atoms with Gasteiger partial charge in [0.05, 0.1) is 5.39 Å². The van der Waals surface area contributed by atoms with Crippen LogP contribution in [0.15, 0.2) is 47.3 Å². The Hall–Kier alpha value is -2.74. The first-order valence-corrected chi connectivity index (χ1v) is 12.7. The molecular weight excluding hydrogens is 430 g/mol. The number of fused-ring (bicyclic) bond motifs is 4. The Balaban J connectivity index is 1.16. The zero-order valence-electron chi connectivity index (χ0n) is 18.9. The van der Waals surface area contributed by atoms with Crippen LogP contribution >= 0.6 is 11.3 Å². The monoisotopic (exact) mass is 459 g/mol. The molecule has 1 saturated heterocycles. The molecule has 2 aromatic heterocycles. The fourth-order valence-electron chi connectivity index (χ4n) is 5.31. The van der Waals surface area contributed by atoms with Crippen LogP contribution in [0.3, 0.4) is 0 Å². The summed E-state index contributed by atoms with van der Waals surface area (Å²) in [4.78, 5) is 28.1. The standard InChI is InChI=1S/C26H29N5OS/c1-17(24-28-25(32)23-20-9-10-27-15-22(20)33-26(23)29-24)16-30-11-13-31(14-12-30)21-8-4-6-18-5-2-3-7-19(18)21/h2-8,17,27H,9-16H2,1H3,(H,28,29,32). The van der Waals surface area contributed by atoms with Gasteiger partial charge in [0.25, 0.3) is 5.56 Å². The van der Waals surface area contributed by atoms with E-state index in [0.717, 1.165) is 68.3 Å². The summed E-state index contributed by atoms with van der Waals surface area (Å²) in [5, 5.41) is 6.83. The highest BCUT2D eigenvalue weighted by molar-refractivity contribution is 7.18. The van der Waals surface area contributed by atoms with Gasteiger partial charge in [0, 0.05) is 61.1 Å². The largest absolute Gasteiger partial charge is 0.368 e. The van der Waals surface area contributed by atoms with Gasteiger partial charge in [-0.05, 0) is 30.0 Å². The van der Waals surface area contributed by atoms with Crippen molar-refractivity contribution in [3.05, 3.63) is 69.1 Å². The number of anilines is 1. The molecule has 6 rings (SSSR count). The van der Waals surface area contributed by atoms with Gasteiger partial charge in [0.1, 0.15) is 10.7 Å². The molecule has 7 heteroatoms. The molecule has 6 nitrogen and oxygen atoms in total. The first-order chi connectivity index (χ1) is 16.2. The number of aromatic amines is 1. The number of hydrogen-bond acceptors (Lipinski definition) is 6. The number of thiophene rings is 1. The molecule has 1 unspecified atom stereocenters. The van der Waals surface area contributed by atoms with Gasteiger partial charge < -0.3 is 15.2 Å². The molecule has 0 bridgehead atoms. The smallest absolute Gasteiger partial charge is 0.259 e. The lowest BCUT2D eigenvalue weighted by Gasteiger charge is -2.37. The van der Waals surface area contributed by atoms with E-state index in [9.17, 15) is 4.79 Å². The van der Waals surface area contributed by atoms with E-state index in [4.69, 9.17) is 4.98 Å². The number of hydrogen-bond donors (Lipinski definition) is 2. The highest BCUT2D eigenvalue weighted by Gasteiger charge is 2.24. The third-order valence-corrected chi connectivity index (χ3v) is 8.20. The van der Waals surface area contributed by atoms with E-state index in [1.54, 1.807) is 11.3 Å². The van der Waals surface area contributed by atoms with Crippen molar-refractivity contribution in [1.29, 1.82) is 0 Å². The van der Waals surface area contributed by atoms with Crippen LogP contribution in [0, 0.1) is 0 Å². The first kappa shape index (κ1) is 20.8. The molecule has 0 saturated carbocycles. The molecule has 1 atom stereocenters. The third-order valence-electron chi connectivity index (χ3n) is 7.08. The zero-order chi connectivity index (χ0) is 22.4. The molecule has 170 valence electrons. The van der Waals surface area contributed by atoms with Crippen molar-refractivity contribution >= 4 is 38.0 Å². The average molecular weight is 460 g/mol. The minimum atomic E-state index is 0.0297. The van der Waals surface area contributed by atoms with E-state index < -0.39 is 0 Å². The van der Waals surface area contributed by atoms with Crippen molar-refractivity contribution in [3.8, 4) is 0 Å². The molecule has 2 aromatic carbocycles. The molecule has 2 aliphatic heterocycles. The summed E-state index contributed by atoms with van der Waals surface area (Å²) in [6.45, 7) is 8.91. The number of nitrogens with one attached hydrogen (secondary N) is 2. The van der Waals surface area contributed by atoms with Crippen molar-refractivity contribution in [2.75, 3.05) is 44.2 Å². The highest BCUT2D eigenvalue weighted by Crippen LogP contribution is 2.31. The van der Waals surface area contributed by atoms with Crippen molar-refractivity contribution < 1.29 is 0 Å². The molecule has 0 radical (unpaired) electrons. The van der Waals surface area contributed by atoms with Gasteiger partial charge in [0.15, 0.2) is 0 Å². The minimum absolute atomic E-state index is 0.0297. The van der Waals surface area contributed by atoms with Gasteiger partial charge in [-0.3, -0.25) is 9.69 Å². The van der Waals surface area contributed by atoms with Crippen molar-refractivity contribution in [3.63, 3.8) is 0 Å². The lowest BCUT2D eigenvalue weighted by atomic mass is 10.1. The van der Waals surface area contributed by atoms with Gasteiger partial charge in [-0.1, -0.05) is 43.3 Å². The van der Waals surface area contributed by atoms with Crippen LogP contribution in [0.25, 0.3) is 21.0 Å². The van der Waals surface area contributed by atoms with E-state index in [1.165, 1.54) is 26.9 Å². The number of aromatic nitrogens is 2. The molecule has 33 heavy (non-hydrogen) atoms. The maximum atomic E-state index is 12.9. The van der Waals surface area contributed by atoms with Crippen molar-refractivity contribution in [2.45, 2.75) is 25.8 Å². The summed E-state index contributed by atoms with van der Waals surface area (Å²) in [6, 6.07) is 15.2. The lowest BCUT2D eigenvalue weighted by Crippen LogP contribution is -2.47. The number of nitrogens with zero attached hydrogens (tertiary/aromatic N) is 3. The van der Waals surface area contributed by atoms with Crippen LogP contribution in [0.1, 0.15) is 29.1 Å². The van der Waals surface area contributed by atoms with E-state index in [-0.39, 0.29) is 11.5 Å². The highest BCUT2D eigenvalue weighted by atomic mass is 32.1. The maximum absolute atomic E-state index is 12.9. The molecule has 2 aliphatic rings. The quantitative estimate of drug-likeness (QED) is 0.487. The van der Waals surface area contributed by atoms with Gasteiger partial charge >= 0.3 is 0 Å². The van der Waals surface area contributed by atoms with Crippen LogP contribution in [0.4, 0.5) is 5.69 Å². The van der Waals surface area contributed by atoms with Crippen LogP contribution in [0.2, 0.25) is 0 Å². The Morgan fingerprint density at radius 3 is 2.79 bits per heavy atom. The summed E-state index contributed by atoms with van der Waals surface area (Å²) < 4.78 is 0. The number of H-pyrrole nitrogens is 1. The molecule has 0 spiro atoms. The predicted octanol–water partition coefficient (Wildman–Crippen LogP) is 3.71. The van der Waals surface area contributed by atoms with Crippen molar-refractivity contribution in [1.82, 2.24) is 20.2 Å². The Morgan fingerprint density at radius 2 is 1.91 bits per heavy atom. The summed E-state index contributed by atoms with van der Waals surface area (Å²) in [6.07, 6.45) is 0.913. The van der Waals surface area contributed by atoms with Gasteiger partial charge in [-0.2, -0.15) is 0 Å². The van der Waals surface area contributed by atoms with Gasteiger partial charge in [-0.25, -0.2) is 4.98 Å². The SMILES string of the molecule is CC(CN1CCN(c2cccc3ccccc23)CC1)c1nc2sc3c(c2c(=O)[nH]1)CCNC3. The zero-order valence-corrected chi connectivity index (χ0v) is 19.8. The van der Waals surface area contributed by atoms with Crippen LogP contribution < -0.4 is 15.8 Å². The normalized spacial score (nSPS) is 18.0.